The number of thioether (sulfide) groups is 1. The van der Waals surface area contributed by atoms with Crippen LogP contribution in [-0.2, 0) is 4.79 Å². The number of amides is 1. The minimum absolute atomic E-state index is 0.144. The van der Waals surface area contributed by atoms with Crippen molar-refractivity contribution in [1.82, 2.24) is 9.97 Å². The number of halogens is 1. The Labute approximate surface area is 142 Å². The van der Waals surface area contributed by atoms with Gasteiger partial charge in [0, 0.05) is 6.20 Å². The van der Waals surface area contributed by atoms with Crippen molar-refractivity contribution in [3.63, 3.8) is 0 Å². The number of hydrogen-bond acceptors (Lipinski definition) is 5. The van der Waals surface area contributed by atoms with Crippen molar-refractivity contribution in [3.8, 4) is 0 Å². The molecule has 0 unspecified atom stereocenters. The van der Waals surface area contributed by atoms with E-state index in [1.54, 1.807) is 12.1 Å². The molecule has 1 N–H and O–H groups in total. The molecule has 0 radical (unpaired) electrons. The number of nitrogens with one attached hydrogen (secondary N) is 1. The van der Waals surface area contributed by atoms with Crippen molar-refractivity contribution < 1.29 is 9.21 Å². The average molecular weight is 348 g/mol. The molecule has 0 bridgehead atoms. The van der Waals surface area contributed by atoms with E-state index in [1.807, 2.05) is 31.2 Å². The van der Waals surface area contributed by atoms with Crippen molar-refractivity contribution in [1.29, 1.82) is 0 Å². The molecule has 3 rings (SSSR count). The lowest BCUT2D eigenvalue weighted by Gasteiger charge is -2.12. The lowest BCUT2D eigenvalue weighted by atomic mass is 10.3. The van der Waals surface area contributed by atoms with Crippen LogP contribution in [0.2, 0.25) is 5.02 Å². The summed E-state index contributed by atoms with van der Waals surface area (Å²) in [7, 11) is 0. The summed E-state index contributed by atoms with van der Waals surface area (Å²) >= 11 is 7.09. The maximum atomic E-state index is 12.4. The predicted molar refractivity (Wildman–Crippen MR) is 91.8 cm³/mol. The molecule has 5 nitrogen and oxygen atoms in total. The summed E-state index contributed by atoms with van der Waals surface area (Å²) in [6.45, 7) is 1.94. The van der Waals surface area contributed by atoms with Crippen LogP contribution in [0.1, 0.15) is 13.3 Å². The highest BCUT2D eigenvalue weighted by Gasteiger charge is 2.21. The number of aromatic nitrogens is 2. The fourth-order valence-corrected chi connectivity index (χ4v) is 2.98. The molecule has 1 aromatic carbocycles. The summed E-state index contributed by atoms with van der Waals surface area (Å²) in [6, 6.07) is 10.9. The Balaban J connectivity index is 1.71. The Morgan fingerprint density at radius 1 is 1.35 bits per heavy atom. The normalized spacial score (nSPS) is 12.3. The average Bonchev–Trinajstić information content (AvgIpc) is 2.97. The molecule has 2 heterocycles. The zero-order valence-corrected chi connectivity index (χ0v) is 13.9. The van der Waals surface area contributed by atoms with E-state index in [-0.39, 0.29) is 11.2 Å². The number of nitrogens with zero attached hydrogens (tertiary/aromatic N) is 2. The second kappa shape index (κ2) is 7.02. The van der Waals surface area contributed by atoms with Crippen LogP contribution in [0.4, 0.5) is 5.82 Å². The number of anilines is 1. The summed E-state index contributed by atoms with van der Waals surface area (Å²) in [5, 5.41) is 3.46. The molecule has 2 aromatic heterocycles. The largest absolute Gasteiger partial charge is 0.431 e. The predicted octanol–water partition coefficient (Wildman–Crippen LogP) is 4.39. The smallest absolute Gasteiger partial charge is 0.257 e. The van der Waals surface area contributed by atoms with E-state index in [4.69, 9.17) is 16.0 Å². The minimum Gasteiger partial charge on any atom is -0.431 e. The fraction of sp³-hybridized carbons (Fsp3) is 0.188. The van der Waals surface area contributed by atoms with Crippen molar-refractivity contribution in [2.75, 3.05) is 5.32 Å². The van der Waals surface area contributed by atoms with Crippen molar-refractivity contribution in [2.45, 2.75) is 23.8 Å². The third kappa shape index (κ3) is 3.83. The Kier molecular flexibility index (Phi) is 4.83. The highest BCUT2D eigenvalue weighted by molar-refractivity contribution is 8.00. The Hall–Kier alpha value is -2.05. The lowest BCUT2D eigenvalue weighted by Crippen LogP contribution is -2.25. The van der Waals surface area contributed by atoms with E-state index in [0.29, 0.717) is 28.1 Å². The molecular formula is C16H14ClN3O2S. The maximum Gasteiger partial charge on any atom is 0.257 e. The van der Waals surface area contributed by atoms with E-state index in [1.165, 1.54) is 18.0 Å². The van der Waals surface area contributed by atoms with E-state index in [2.05, 4.69) is 15.3 Å². The van der Waals surface area contributed by atoms with Gasteiger partial charge in [0.15, 0.2) is 5.58 Å². The Morgan fingerprint density at radius 2 is 2.17 bits per heavy atom. The molecule has 0 saturated heterocycles. The van der Waals surface area contributed by atoms with Crippen molar-refractivity contribution in [3.05, 3.63) is 47.6 Å². The van der Waals surface area contributed by atoms with Gasteiger partial charge in [-0.15, -0.1) is 0 Å². The van der Waals surface area contributed by atoms with Gasteiger partial charge >= 0.3 is 0 Å². The van der Waals surface area contributed by atoms with Gasteiger partial charge in [0.05, 0.1) is 10.3 Å². The molecule has 118 valence electrons. The first-order valence-electron chi connectivity index (χ1n) is 7.10. The van der Waals surface area contributed by atoms with Crippen LogP contribution < -0.4 is 5.32 Å². The SMILES string of the molecule is CC[C@H](Sc1nc2ccccc2o1)C(=O)Nc1ccc(Cl)cn1. The maximum absolute atomic E-state index is 12.4. The first-order valence-corrected chi connectivity index (χ1v) is 8.36. The molecule has 0 aliphatic rings. The quantitative estimate of drug-likeness (QED) is 0.693. The van der Waals surface area contributed by atoms with Gasteiger partial charge in [-0.1, -0.05) is 42.4 Å². The molecule has 0 aliphatic carbocycles. The summed E-state index contributed by atoms with van der Waals surface area (Å²) in [6.07, 6.45) is 2.13. The summed E-state index contributed by atoms with van der Waals surface area (Å²) in [4.78, 5) is 20.8. The molecule has 0 spiro atoms. The second-order valence-electron chi connectivity index (χ2n) is 4.81. The minimum atomic E-state index is -0.319. The zero-order chi connectivity index (χ0) is 16.2. The molecular weight excluding hydrogens is 334 g/mol. The number of carbonyl (C=O) groups is 1. The third-order valence-corrected chi connectivity index (χ3v) is 4.59. The molecule has 0 fully saturated rings. The van der Waals surface area contributed by atoms with Gasteiger partial charge in [0.1, 0.15) is 11.3 Å². The number of pyridine rings is 1. The van der Waals surface area contributed by atoms with Crippen LogP contribution in [0.5, 0.6) is 0 Å². The number of fused-ring (bicyclic) bond motifs is 1. The van der Waals surface area contributed by atoms with Gasteiger partial charge in [-0.3, -0.25) is 4.79 Å². The number of oxazole rings is 1. The van der Waals surface area contributed by atoms with Crippen LogP contribution in [-0.4, -0.2) is 21.1 Å². The number of para-hydroxylation sites is 2. The number of rotatable bonds is 5. The molecule has 1 atom stereocenters. The van der Waals surface area contributed by atoms with Gasteiger partial charge in [-0.25, -0.2) is 9.97 Å². The first-order chi connectivity index (χ1) is 11.2. The highest BCUT2D eigenvalue weighted by atomic mass is 35.5. The number of benzene rings is 1. The summed E-state index contributed by atoms with van der Waals surface area (Å²) in [5.74, 6) is 0.325. The molecule has 0 aliphatic heterocycles. The molecule has 3 aromatic rings. The standard InChI is InChI=1S/C16H14ClN3O2S/c1-2-13(15(21)20-14-8-7-10(17)9-18-14)23-16-19-11-5-3-4-6-12(11)22-16/h3-9,13H,2H2,1H3,(H,18,20,21)/t13-/m0/s1. The van der Waals surface area contributed by atoms with Crippen molar-refractivity contribution >= 4 is 46.2 Å². The van der Waals surface area contributed by atoms with Gasteiger partial charge in [0.25, 0.3) is 5.22 Å². The molecule has 7 heteroatoms. The number of hydrogen-bond donors (Lipinski definition) is 1. The van der Waals surface area contributed by atoms with Gasteiger partial charge < -0.3 is 9.73 Å². The summed E-state index contributed by atoms with van der Waals surface area (Å²) in [5.41, 5.74) is 1.49. The van der Waals surface area contributed by atoms with Crippen LogP contribution in [0, 0.1) is 0 Å². The third-order valence-electron chi connectivity index (χ3n) is 3.16. The topological polar surface area (TPSA) is 68.0 Å². The van der Waals surface area contributed by atoms with Crippen molar-refractivity contribution in [2.24, 2.45) is 0 Å². The van der Waals surface area contributed by atoms with Crippen LogP contribution in [0.15, 0.2) is 52.2 Å². The second-order valence-corrected chi connectivity index (χ2v) is 6.40. The van der Waals surface area contributed by atoms with Gasteiger partial charge in [-0.05, 0) is 30.7 Å². The molecule has 23 heavy (non-hydrogen) atoms. The fourth-order valence-electron chi connectivity index (χ4n) is 2.00. The Morgan fingerprint density at radius 3 is 2.87 bits per heavy atom. The zero-order valence-electron chi connectivity index (χ0n) is 12.3. The van der Waals surface area contributed by atoms with E-state index in [9.17, 15) is 4.79 Å². The van der Waals surface area contributed by atoms with E-state index in [0.717, 1.165) is 5.52 Å². The van der Waals surface area contributed by atoms with Crippen LogP contribution in [0.25, 0.3) is 11.1 Å². The lowest BCUT2D eigenvalue weighted by molar-refractivity contribution is -0.115. The monoisotopic (exact) mass is 347 g/mol. The Bertz CT molecular complexity index is 787. The first kappa shape index (κ1) is 15.8. The highest BCUT2D eigenvalue weighted by Crippen LogP contribution is 2.28. The van der Waals surface area contributed by atoms with Gasteiger partial charge in [0.2, 0.25) is 5.91 Å². The van der Waals surface area contributed by atoms with Gasteiger partial charge in [-0.2, -0.15) is 0 Å². The number of carbonyl (C=O) groups excluding carboxylic acids is 1. The van der Waals surface area contributed by atoms with Crippen LogP contribution >= 0.6 is 23.4 Å². The molecule has 1 amide bonds. The molecule has 0 saturated carbocycles. The van der Waals surface area contributed by atoms with E-state index >= 15 is 0 Å². The van der Waals surface area contributed by atoms with Crippen LogP contribution in [0.3, 0.4) is 0 Å². The van der Waals surface area contributed by atoms with E-state index < -0.39 is 0 Å². The summed E-state index contributed by atoms with van der Waals surface area (Å²) < 4.78 is 5.66.